The van der Waals surface area contributed by atoms with E-state index in [1.807, 2.05) is 36.4 Å². The molecule has 0 radical (unpaired) electrons. The molecule has 2 saturated carbocycles. The number of benzene rings is 2. The normalized spacial score (nSPS) is 24.8. The minimum absolute atomic E-state index is 0.0599. The highest BCUT2D eigenvalue weighted by Crippen LogP contribution is 2.55. The highest BCUT2D eigenvalue weighted by atomic mass is 16.5. The number of carbonyl (C=O) groups excluding carboxylic acids is 3. The molecule has 5 aliphatic rings. The van der Waals surface area contributed by atoms with E-state index in [0.717, 1.165) is 67.2 Å². The first-order valence-corrected chi connectivity index (χ1v) is 18.2. The van der Waals surface area contributed by atoms with E-state index in [1.165, 1.54) is 0 Å². The van der Waals surface area contributed by atoms with E-state index in [2.05, 4.69) is 16.4 Å². The molecule has 0 bridgehead atoms. The Bertz CT molecular complexity index is 1960. The lowest BCUT2D eigenvalue weighted by molar-refractivity contribution is -0.131. The zero-order valence-electron chi connectivity index (χ0n) is 29.8. The van der Waals surface area contributed by atoms with Crippen molar-refractivity contribution in [3.8, 4) is 6.07 Å². The van der Waals surface area contributed by atoms with Crippen LogP contribution in [0.2, 0.25) is 0 Å². The average Bonchev–Trinajstić information content (AvgIpc) is 3.65. The molecule has 3 fully saturated rings. The Morgan fingerprint density at radius 1 is 0.941 bits per heavy atom. The number of nitriles is 1. The van der Waals surface area contributed by atoms with Gasteiger partial charge in [-0.25, -0.2) is 4.79 Å². The van der Waals surface area contributed by atoms with Crippen LogP contribution in [0.25, 0.3) is 0 Å². The first-order chi connectivity index (χ1) is 24.5. The minimum atomic E-state index is -0.999. The molecule has 8 rings (SSSR count). The lowest BCUT2D eigenvalue weighted by Gasteiger charge is -2.52. The fourth-order valence-corrected chi connectivity index (χ4v) is 9.87. The molecular weight excluding hydrogens is 646 g/mol. The zero-order chi connectivity index (χ0) is 35.8. The summed E-state index contributed by atoms with van der Waals surface area (Å²) in [6.07, 6.45) is 7.81. The van der Waals surface area contributed by atoms with Crippen LogP contribution in [0.5, 0.6) is 0 Å². The van der Waals surface area contributed by atoms with Gasteiger partial charge in [0, 0.05) is 51.4 Å². The fraction of sp³-hybridized carbons (Fsp3) is 0.538. The minimum Gasteiger partial charge on any atom is -0.345 e. The van der Waals surface area contributed by atoms with Gasteiger partial charge in [-0.2, -0.15) is 15.0 Å². The number of fused-ring (bicyclic) bond motifs is 8. The first kappa shape index (κ1) is 33.4. The quantitative estimate of drug-likeness (QED) is 0.430. The second-order valence-electron chi connectivity index (χ2n) is 15.7. The van der Waals surface area contributed by atoms with Crippen molar-refractivity contribution in [2.24, 2.45) is 5.92 Å². The smallest absolute Gasteiger partial charge is 0.345 e. The second kappa shape index (κ2) is 12.2. The van der Waals surface area contributed by atoms with Gasteiger partial charge in [0.15, 0.2) is 5.82 Å². The Labute approximate surface area is 297 Å². The summed E-state index contributed by atoms with van der Waals surface area (Å²) in [6, 6.07) is 13.4. The van der Waals surface area contributed by atoms with E-state index in [9.17, 15) is 24.4 Å². The molecule has 3 heterocycles. The molecule has 51 heavy (non-hydrogen) atoms. The molecule has 12 heteroatoms. The predicted octanol–water partition coefficient (Wildman–Crippen LogP) is 3.21. The fourth-order valence-electron chi connectivity index (χ4n) is 9.87. The molecule has 12 nitrogen and oxygen atoms in total. The molecule has 1 saturated heterocycles. The maximum absolute atomic E-state index is 13.9. The van der Waals surface area contributed by atoms with Gasteiger partial charge in [0.05, 0.1) is 23.6 Å². The Kier molecular flexibility index (Phi) is 7.98. The molecule has 1 unspecified atom stereocenters. The summed E-state index contributed by atoms with van der Waals surface area (Å²) in [4.78, 5) is 63.3. The highest BCUT2D eigenvalue weighted by molar-refractivity contribution is 5.95. The van der Waals surface area contributed by atoms with E-state index in [0.29, 0.717) is 42.1 Å². The Balaban J connectivity index is 1.31. The van der Waals surface area contributed by atoms with Crippen molar-refractivity contribution < 1.29 is 18.9 Å². The summed E-state index contributed by atoms with van der Waals surface area (Å²) < 4.78 is 7.91. The third-order valence-electron chi connectivity index (χ3n) is 12.4. The largest absolute Gasteiger partial charge is 0.459 e. The van der Waals surface area contributed by atoms with Gasteiger partial charge >= 0.3 is 5.76 Å². The molecule has 3 aromatic rings. The molecule has 2 aliphatic heterocycles. The highest BCUT2D eigenvalue weighted by Gasteiger charge is 2.59. The standard InChI is InChI=1S/C39H45N7O5/c1-43(2)34(48)25-10-12-29-23(16-25)8-9-24-17-26(35(49)44(3)4)11-13-30(24)39(29)20-32(41-22-33(47)45-28(21-40)18-27-19-31(27)45)38(14-6-5-7-15-38)46-36(39)42-37(50)51-46/h10-13,16-17,27-28,31-32,41H,5-9,14-15,18-20,22H2,1-4H3/t27-,28?,31+,32+/m1/s1. The number of hydrogen-bond donors (Lipinski definition) is 1. The van der Waals surface area contributed by atoms with Crippen LogP contribution < -0.4 is 11.1 Å². The summed E-state index contributed by atoms with van der Waals surface area (Å²) in [5.74, 6) is -0.0351. The number of aromatic nitrogens is 2. The predicted molar refractivity (Wildman–Crippen MR) is 187 cm³/mol. The SMILES string of the molecule is CN(C)C(=O)c1ccc2c(c1)CCc1cc(C(=O)N(C)C)ccc1C21C[C@H](NCC(=O)N2C(C#N)C[C@@H]3C[C@@H]32)C2(CCCCC2)n2oc(=O)nc21. The van der Waals surface area contributed by atoms with Crippen LogP contribution in [0.1, 0.15) is 100 Å². The van der Waals surface area contributed by atoms with Crippen molar-refractivity contribution in [2.75, 3.05) is 34.7 Å². The summed E-state index contributed by atoms with van der Waals surface area (Å²) >= 11 is 0. The van der Waals surface area contributed by atoms with Gasteiger partial charge in [-0.05, 0) is 97.4 Å². The van der Waals surface area contributed by atoms with Gasteiger partial charge in [-0.15, -0.1) is 0 Å². The topological polar surface area (TPSA) is 145 Å². The van der Waals surface area contributed by atoms with E-state index in [-0.39, 0.29) is 36.3 Å². The van der Waals surface area contributed by atoms with Crippen molar-refractivity contribution in [3.63, 3.8) is 0 Å². The van der Waals surface area contributed by atoms with Crippen LogP contribution in [0.4, 0.5) is 0 Å². The molecule has 1 aromatic heterocycles. The maximum Gasteiger partial charge on any atom is 0.459 e. The van der Waals surface area contributed by atoms with Crippen LogP contribution in [-0.4, -0.2) is 95.0 Å². The number of amides is 3. The van der Waals surface area contributed by atoms with Gasteiger partial charge in [-0.3, -0.25) is 14.4 Å². The number of hydrogen-bond acceptors (Lipinski definition) is 8. The number of carbonyl (C=O) groups is 3. The summed E-state index contributed by atoms with van der Waals surface area (Å²) in [6.45, 7) is 0.0599. The summed E-state index contributed by atoms with van der Waals surface area (Å²) in [7, 11) is 6.93. The van der Waals surface area contributed by atoms with Crippen molar-refractivity contribution >= 4 is 17.7 Å². The Hall–Kier alpha value is -4.76. The molecule has 2 aromatic carbocycles. The molecule has 266 valence electrons. The van der Waals surface area contributed by atoms with Gasteiger partial charge in [-0.1, -0.05) is 31.4 Å². The van der Waals surface area contributed by atoms with Gasteiger partial charge in [0.2, 0.25) is 5.91 Å². The molecular formula is C39H45N7O5. The lowest BCUT2D eigenvalue weighted by Crippen LogP contribution is -2.62. The number of aryl methyl sites for hydroxylation is 2. The van der Waals surface area contributed by atoms with Crippen LogP contribution in [0.15, 0.2) is 45.7 Å². The number of nitrogens with zero attached hydrogens (tertiary/aromatic N) is 6. The lowest BCUT2D eigenvalue weighted by atomic mass is 9.60. The Morgan fingerprint density at radius 3 is 2.12 bits per heavy atom. The second-order valence-corrected chi connectivity index (χ2v) is 15.7. The number of piperidine rings is 1. The zero-order valence-corrected chi connectivity index (χ0v) is 29.8. The summed E-state index contributed by atoms with van der Waals surface area (Å²) in [5.41, 5.74) is 3.28. The first-order valence-electron chi connectivity index (χ1n) is 18.2. The van der Waals surface area contributed by atoms with E-state index in [4.69, 9.17) is 4.52 Å². The monoisotopic (exact) mass is 691 g/mol. The van der Waals surface area contributed by atoms with Gasteiger partial charge < -0.3 is 24.5 Å². The van der Waals surface area contributed by atoms with Crippen LogP contribution in [0.3, 0.4) is 0 Å². The number of rotatable bonds is 5. The molecule has 3 aliphatic carbocycles. The van der Waals surface area contributed by atoms with Crippen molar-refractivity contribution in [1.82, 2.24) is 29.7 Å². The van der Waals surface area contributed by atoms with Gasteiger partial charge in [0.1, 0.15) is 6.04 Å². The Morgan fingerprint density at radius 2 is 1.55 bits per heavy atom. The summed E-state index contributed by atoms with van der Waals surface area (Å²) in [5, 5.41) is 13.5. The maximum atomic E-state index is 13.9. The van der Waals surface area contributed by atoms with Crippen molar-refractivity contribution in [2.45, 2.75) is 93.3 Å². The van der Waals surface area contributed by atoms with Crippen molar-refractivity contribution in [3.05, 3.63) is 86.2 Å². The van der Waals surface area contributed by atoms with E-state index in [1.54, 1.807) is 47.6 Å². The molecule has 3 amide bonds. The van der Waals surface area contributed by atoms with Gasteiger partial charge in [0.25, 0.3) is 11.8 Å². The van der Waals surface area contributed by atoms with Crippen LogP contribution >= 0.6 is 0 Å². The van der Waals surface area contributed by atoms with Crippen molar-refractivity contribution in [1.29, 1.82) is 5.26 Å². The molecule has 4 atom stereocenters. The molecule has 1 N–H and O–H groups in total. The average molecular weight is 692 g/mol. The van der Waals surface area contributed by atoms with Crippen LogP contribution in [-0.2, 0) is 28.6 Å². The van der Waals surface area contributed by atoms with Crippen LogP contribution in [0, 0.1) is 17.2 Å². The van der Waals surface area contributed by atoms with E-state index >= 15 is 0 Å². The third kappa shape index (κ3) is 5.14. The molecule has 2 spiro atoms. The number of nitrogens with one attached hydrogen (secondary N) is 1. The number of likely N-dealkylation sites (tertiary alicyclic amines) is 1. The third-order valence-corrected chi connectivity index (χ3v) is 12.4. The van der Waals surface area contributed by atoms with E-state index < -0.39 is 22.8 Å².